The Hall–Kier alpha value is -2.49. The number of aromatic nitrogens is 3. The molecular formula is C17H15N3O. The first-order valence-corrected chi connectivity index (χ1v) is 7.20. The molecule has 4 heteroatoms. The summed E-state index contributed by atoms with van der Waals surface area (Å²) < 4.78 is 0. The van der Waals surface area contributed by atoms with E-state index in [0.29, 0.717) is 5.82 Å². The fourth-order valence-corrected chi connectivity index (χ4v) is 2.95. The van der Waals surface area contributed by atoms with Gasteiger partial charge in [-0.1, -0.05) is 6.07 Å². The molecule has 0 fully saturated rings. The third kappa shape index (κ3) is 2.03. The quantitative estimate of drug-likeness (QED) is 0.744. The maximum atomic E-state index is 12.1. The number of hydrogen-bond acceptors (Lipinski definition) is 3. The first-order valence-electron chi connectivity index (χ1n) is 7.20. The van der Waals surface area contributed by atoms with Crippen LogP contribution in [0.1, 0.15) is 23.4 Å². The second kappa shape index (κ2) is 4.52. The number of aryl methyl sites for hydroxylation is 2. The molecule has 4 nitrogen and oxygen atoms in total. The Labute approximate surface area is 121 Å². The summed E-state index contributed by atoms with van der Waals surface area (Å²) in [5, 5.41) is 1.06. The van der Waals surface area contributed by atoms with E-state index in [1.807, 2.05) is 37.3 Å². The van der Waals surface area contributed by atoms with Crippen LogP contribution in [0.15, 0.2) is 35.1 Å². The zero-order valence-electron chi connectivity index (χ0n) is 11.8. The van der Waals surface area contributed by atoms with Gasteiger partial charge in [0.15, 0.2) is 0 Å². The van der Waals surface area contributed by atoms with E-state index in [1.54, 1.807) is 0 Å². The Balaban J connectivity index is 1.89. The number of benzene rings is 1. The number of rotatable bonds is 1. The molecule has 0 atom stereocenters. The molecule has 4 rings (SSSR count). The van der Waals surface area contributed by atoms with Crippen LogP contribution in [0.2, 0.25) is 0 Å². The molecule has 2 heterocycles. The van der Waals surface area contributed by atoms with Gasteiger partial charge in [0.2, 0.25) is 0 Å². The Morgan fingerprint density at radius 2 is 2.00 bits per heavy atom. The molecule has 104 valence electrons. The lowest BCUT2D eigenvalue weighted by atomic mass is 10.1. The summed E-state index contributed by atoms with van der Waals surface area (Å²) in [6.45, 7) is 1.98. The highest BCUT2D eigenvalue weighted by Crippen LogP contribution is 2.23. The zero-order chi connectivity index (χ0) is 14.4. The molecule has 1 aliphatic carbocycles. The molecule has 0 unspecified atom stereocenters. The summed E-state index contributed by atoms with van der Waals surface area (Å²) in [4.78, 5) is 24.1. The minimum atomic E-state index is 0.00891. The molecule has 0 bridgehead atoms. The van der Waals surface area contributed by atoms with Crippen LogP contribution in [0.25, 0.3) is 22.3 Å². The molecule has 21 heavy (non-hydrogen) atoms. The van der Waals surface area contributed by atoms with Gasteiger partial charge >= 0.3 is 0 Å². The van der Waals surface area contributed by atoms with Crippen molar-refractivity contribution < 1.29 is 0 Å². The number of pyridine rings is 1. The molecule has 0 aliphatic heterocycles. The van der Waals surface area contributed by atoms with Gasteiger partial charge in [-0.25, -0.2) is 4.98 Å². The third-order valence-corrected chi connectivity index (χ3v) is 4.04. The molecule has 0 radical (unpaired) electrons. The summed E-state index contributed by atoms with van der Waals surface area (Å²) in [6.07, 6.45) is 2.77. The van der Waals surface area contributed by atoms with E-state index in [9.17, 15) is 4.79 Å². The average molecular weight is 277 g/mol. The summed E-state index contributed by atoms with van der Waals surface area (Å²) in [5.41, 5.74) is 4.71. The molecule has 1 aliphatic rings. The number of H-pyrrole nitrogens is 1. The zero-order valence-corrected chi connectivity index (χ0v) is 11.8. The standard InChI is InChI=1S/C17H15N3O/c1-10-5-6-11-9-12(7-8-14(11)18-10)16-19-15-4-2-3-13(15)17(21)20-16/h5-9H,2-4H2,1H3,(H,19,20,21). The second-order valence-electron chi connectivity index (χ2n) is 5.55. The molecular weight excluding hydrogens is 262 g/mol. The van der Waals surface area contributed by atoms with Crippen molar-refractivity contribution in [2.24, 2.45) is 0 Å². The topological polar surface area (TPSA) is 58.6 Å². The summed E-state index contributed by atoms with van der Waals surface area (Å²) in [6, 6.07) is 10.0. The smallest absolute Gasteiger partial charge is 0.254 e. The van der Waals surface area contributed by atoms with E-state index in [1.165, 1.54) is 0 Å². The minimum Gasteiger partial charge on any atom is -0.306 e. The highest BCUT2D eigenvalue weighted by Gasteiger charge is 2.17. The van der Waals surface area contributed by atoms with Gasteiger partial charge in [0, 0.05) is 22.2 Å². The van der Waals surface area contributed by atoms with Crippen molar-refractivity contribution >= 4 is 10.9 Å². The van der Waals surface area contributed by atoms with Gasteiger partial charge in [-0.2, -0.15) is 0 Å². The maximum absolute atomic E-state index is 12.1. The van der Waals surface area contributed by atoms with Crippen LogP contribution in [0.5, 0.6) is 0 Å². The van der Waals surface area contributed by atoms with Crippen LogP contribution in [-0.4, -0.2) is 15.0 Å². The predicted molar refractivity (Wildman–Crippen MR) is 82.4 cm³/mol. The third-order valence-electron chi connectivity index (χ3n) is 4.04. The Morgan fingerprint density at radius 3 is 2.90 bits per heavy atom. The Bertz CT molecular complexity index is 912. The molecule has 0 saturated carbocycles. The molecule has 3 aromatic rings. The summed E-state index contributed by atoms with van der Waals surface area (Å²) >= 11 is 0. The van der Waals surface area contributed by atoms with Crippen molar-refractivity contribution in [1.29, 1.82) is 0 Å². The Morgan fingerprint density at radius 1 is 1.10 bits per heavy atom. The second-order valence-corrected chi connectivity index (χ2v) is 5.55. The number of nitrogens with zero attached hydrogens (tertiary/aromatic N) is 2. The van der Waals surface area contributed by atoms with E-state index in [2.05, 4.69) is 15.0 Å². The van der Waals surface area contributed by atoms with Gasteiger partial charge in [-0.15, -0.1) is 0 Å². The molecule has 0 spiro atoms. The van der Waals surface area contributed by atoms with Crippen LogP contribution in [0.4, 0.5) is 0 Å². The van der Waals surface area contributed by atoms with Crippen LogP contribution >= 0.6 is 0 Å². The SMILES string of the molecule is Cc1ccc2cc(-c3nc4c(c(=O)[nH]3)CCC4)ccc2n1. The normalized spacial score (nSPS) is 13.6. The van der Waals surface area contributed by atoms with Crippen LogP contribution < -0.4 is 5.56 Å². The molecule has 0 saturated heterocycles. The summed E-state index contributed by atoms with van der Waals surface area (Å²) in [7, 11) is 0. The van der Waals surface area contributed by atoms with Crippen LogP contribution in [-0.2, 0) is 12.8 Å². The molecule has 1 N–H and O–H groups in total. The molecule has 1 aromatic carbocycles. The van der Waals surface area contributed by atoms with Gasteiger partial charge in [-0.05, 0) is 50.5 Å². The monoisotopic (exact) mass is 277 g/mol. The van der Waals surface area contributed by atoms with Gasteiger partial charge in [0.05, 0.1) is 11.2 Å². The molecule has 2 aromatic heterocycles. The van der Waals surface area contributed by atoms with Crippen molar-refractivity contribution in [3.8, 4) is 11.4 Å². The van der Waals surface area contributed by atoms with Crippen LogP contribution in [0, 0.1) is 6.92 Å². The first kappa shape index (κ1) is 12.3. The molecule has 0 amide bonds. The van der Waals surface area contributed by atoms with E-state index in [-0.39, 0.29) is 5.56 Å². The number of aromatic amines is 1. The van der Waals surface area contributed by atoms with E-state index >= 15 is 0 Å². The number of nitrogens with one attached hydrogen (secondary N) is 1. The van der Waals surface area contributed by atoms with E-state index in [4.69, 9.17) is 0 Å². The van der Waals surface area contributed by atoms with Crippen molar-refractivity contribution in [2.75, 3.05) is 0 Å². The van der Waals surface area contributed by atoms with Crippen LogP contribution in [0.3, 0.4) is 0 Å². The lowest BCUT2D eigenvalue weighted by molar-refractivity contribution is 0.899. The lowest BCUT2D eigenvalue weighted by Crippen LogP contribution is -2.15. The maximum Gasteiger partial charge on any atom is 0.254 e. The lowest BCUT2D eigenvalue weighted by Gasteiger charge is -2.06. The van der Waals surface area contributed by atoms with Gasteiger partial charge in [0.25, 0.3) is 5.56 Å². The number of hydrogen-bond donors (Lipinski definition) is 1. The highest BCUT2D eigenvalue weighted by molar-refractivity contribution is 5.83. The van der Waals surface area contributed by atoms with Crippen molar-refractivity contribution in [3.63, 3.8) is 0 Å². The largest absolute Gasteiger partial charge is 0.306 e. The fourth-order valence-electron chi connectivity index (χ4n) is 2.95. The minimum absolute atomic E-state index is 0.00891. The van der Waals surface area contributed by atoms with Crippen molar-refractivity contribution in [1.82, 2.24) is 15.0 Å². The predicted octanol–water partition coefficient (Wildman–Crippen LogP) is 2.78. The van der Waals surface area contributed by atoms with Gasteiger partial charge in [-0.3, -0.25) is 9.78 Å². The van der Waals surface area contributed by atoms with Crippen molar-refractivity contribution in [2.45, 2.75) is 26.2 Å². The van der Waals surface area contributed by atoms with E-state index < -0.39 is 0 Å². The van der Waals surface area contributed by atoms with E-state index in [0.717, 1.165) is 52.7 Å². The highest BCUT2D eigenvalue weighted by atomic mass is 16.1. The van der Waals surface area contributed by atoms with Gasteiger partial charge < -0.3 is 4.98 Å². The first-order chi connectivity index (χ1) is 10.2. The fraction of sp³-hybridized carbons (Fsp3) is 0.235. The van der Waals surface area contributed by atoms with Gasteiger partial charge in [0.1, 0.15) is 5.82 Å². The van der Waals surface area contributed by atoms with Crippen molar-refractivity contribution in [3.05, 3.63) is 57.6 Å². The Kier molecular flexibility index (Phi) is 2.64. The average Bonchev–Trinajstić information content (AvgIpc) is 2.95. The summed E-state index contributed by atoms with van der Waals surface area (Å²) in [5.74, 6) is 0.656. The number of fused-ring (bicyclic) bond motifs is 2.